The van der Waals surface area contributed by atoms with Gasteiger partial charge in [0.1, 0.15) is 0 Å². The van der Waals surface area contributed by atoms with E-state index in [1.807, 2.05) is 65.6 Å². The number of carbonyl (C=O) groups excluding carboxylic acids is 2. The number of likely N-dealkylation sites (N-methyl/N-ethyl adjacent to an activating group) is 1. The molecule has 0 spiro atoms. The van der Waals surface area contributed by atoms with Crippen LogP contribution < -0.4 is 5.32 Å². The Morgan fingerprint density at radius 3 is 2.43 bits per heavy atom. The van der Waals surface area contributed by atoms with E-state index in [0.29, 0.717) is 31.9 Å². The van der Waals surface area contributed by atoms with Gasteiger partial charge in [-0.1, -0.05) is 56.3 Å². The highest BCUT2D eigenvalue weighted by Gasteiger charge is 2.27. The fraction of sp³-hybridized carbons (Fsp3) is 0.393. The first-order chi connectivity index (χ1) is 17.1. The average molecular weight is 474 g/mol. The molecule has 3 aromatic rings. The van der Waals surface area contributed by atoms with Crippen molar-refractivity contribution in [1.29, 1.82) is 0 Å². The van der Waals surface area contributed by atoms with Crippen LogP contribution >= 0.6 is 0 Å². The van der Waals surface area contributed by atoms with Gasteiger partial charge in [-0.15, -0.1) is 0 Å². The molecule has 1 fully saturated rings. The highest BCUT2D eigenvalue weighted by Crippen LogP contribution is 2.23. The Morgan fingerprint density at radius 2 is 1.71 bits per heavy atom. The van der Waals surface area contributed by atoms with Crippen LogP contribution in [-0.2, 0) is 16.1 Å². The van der Waals surface area contributed by atoms with Gasteiger partial charge in [-0.25, -0.2) is 4.98 Å². The topological polar surface area (TPSA) is 70.5 Å². The van der Waals surface area contributed by atoms with Crippen molar-refractivity contribution in [2.24, 2.45) is 5.92 Å². The molecule has 0 radical (unpaired) electrons. The molecule has 1 saturated heterocycles. The van der Waals surface area contributed by atoms with E-state index < -0.39 is 0 Å². The second kappa shape index (κ2) is 11.8. The Bertz CT molecular complexity index is 1160. The van der Waals surface area contributed by atoms with Crippen LogP contribution in [0, 0.1) is 5.92 Å². The Morgan fingerprint density at radius 1 is 1.03 bits per heavy atom. The molecule has 184 valence electrons. The van der Waals surface area contributed by atoms with Crippen molar-refractivity contribution < 1.29 is 9.59 Å². The number of fused-ring (bicyclic) bond motifs is 1. The highest BCUT2D eigenvalue weighted by molar-refractivity contribution is 5.94. The first-order valence-electron chi connectivity index (χ1n) is 12.6. The number of nitrogens with one attached hydrogen (secondary N) is 1. The second-order valence-corrected chi connectivity index (χ2v) is 8.94. The molecule has 4 rings (SSSR count). The summed E-state index contributed by atoms with van der Waals surface area (Å²) in [6.45, 7) is 9.11. The van der Waals surface area contributed by atoms with Crippen LogP contribution in [0.4, 0.5) is 5.95 Å². The van der Waals surface area contributed by atoms with E-state index >= 15 is 0 Å². The lowest BCUT2D eigenvalue weighted by Gasteiger charge is -2.30. The fourth-order valence-corrected chi connectivity index (χ4v) is 4.59. The van der Waals surface area contributed by atoms with Crippen molar-refractivity contribution in [3.63, 3.8) is 0 Å². The Hall–Kier alpha value is -3.45. The van der Waals surface area contributed by atoms with Crippen LogP contribution in [0.5, 0.6) is 0 Å². The predicted molar refractivity (Wildman–Crippen MR) is 141 cm³/mol. The Labute approximate surface area is 207 Å². The first kappa shape index (κ1) is 24.7. The molecule has 2 heterocycles. The number of carbonyl (C=O) groups is 2. The van der Waals surface area contributed by atoms with Crippen molar-refractivity contribution in [3.8, 4) is 0 Å². The maximum absolute atomic E-state index is 13.1. The number of rotatable bonds is 9. The summed E-state index contributed by atoms with van der Waals surface area (Å²) in [5, 5.41) is 3.10. The molecule has 1 N–H and O–H groups in total. The summed E-state index contributed by atoms with van der Waals surface area (Å²) in [5.41, 5.74) is 2.91. The summed E-state index contributed by atoms with van der Waals surface area (Å²) in [4.78, 5) is 34.6. The van der Waals surface area contributed by atoms with Gasteiger partial charge >= 0.3 is 0 Å². The van der Waals surface area contributed by atoms with E-state index in [4.69, 9.17) is 4.98 Å². The lowest BCUT2D eigenvalue weighted by Crippen LogP contribution is -2.41. The Balaban J connectivity index is 1.37. The van der Waals surface area contributed by atoms with E-state index in [1.165, 1.54) is 0 Å². The molecule has 1 aromatic heterocycles. The number of nitrogens with zero attached hydrogens (tertiary/aromatic N) is 4. The van der Waals surface area contributed by atoms with Crippen LogP contribution in [0.3, 0.4) is 0 Å². The van der Waals surface area contributed by atoms with Gasteiger partial charge in [0.15, 0.2) is 0 Å². The van der Waals surface area contributed by atoms with Crippen LogP contribution in [0.25, 0.3) is 17.1 Å². The zero-order valence-corrected chi connectivity index (χ0v) is 20.7. The van der Waals surface area contributed by atoms with Gasteiger partial charge in [0.05, 0.1) is 11.0 Å². The van der Waals surface area contributed by atoms with Crippen LogP contribution in [0.1, 0.15) is 32.3 Å². The average Bonchev–Trinajstić information content (AvgIpc) is 3.25. The van der Waals surface area contributed by atoms with Gasteiger partial charge < -0.3 is 14.4 Å². The van der Waals surface area contributed by atoms with Crippen molar-refractivity contribution in [1.82, 2.24) is 19.4 Å². The maximum atomic E-state index is 13.1. The molecular formula is C28H35N5O2. The van der Waals surface area contributed by atoms with Crippen molar-refractivity contribution in [2.75, 3.05) is 38.0 Å². The third kappa shape index (κ3) is 6.17. The number of imidazole rings is 1. The number of para-hydroxylation sites is 2. The highest BCUT2D eigenvalue weighted by atomic mass is 16.2. The number of amides is 2. The lowest BCUT2D eigenvalue weighted by atomic mass is 9.96. The zero-order chi connectivity index (χ0) is 24.6. The SMILES string of the molecule is CCN(CC)CCn1c(NC(=O)C2CCN(C(=O)C=Cc3ccccc3)CC2)nc2ccccc21. The number of likely N-dealkylation sites (tertiary alicyclic amines) is 1. The molecule has 2 amide bonds. The minimum atomic E-state index is -0.131. The number of aromatic nitrogens is 2. The minimum absolute atomic E-state index is 0.00842. The van der Waals surface area contributed by atoms with E-state index in [0.717, 1.165) is 42.8 Å². The summed E-state index contributed by atoms with van der Waals surface area (Å²) < 4.78 is 2.11. The van der Waals surface area contributed by atoms with Crippen LogP contribution in [-0.4, -0.2) is 63.9 Å². The largest absolute Gasteiger partial charge is 0.339 e. The summed E-state index contributed by atoms with van der Waals surface area (Å²) in [6.07, 6.45) is 4.75. The molecular weight excluding hydrogens is 438 g/mol. The van der Waals surface area contributed by atoms with Gasteiger partial charge in [-0.05, 0) is 49.7 Å². The standard InChI is InChI=1S/C28H35N5O2/c1-3-31(4-2)20-21-33-25-13-9-8-12-24(25)29-28(33)30-27(35)23-16-18-32(19-17-23)26(34)15-14-22-10-6-5-7-11-22/h5-15,23H,3-4,16-21H2,1-2H3,(H,29,30,35). The van der Waals surface area contributed by atoms with Crippen molar-refractivity contribution in [3.05, 3.63) is 66.2 Å². The van der Waals surface area contributed by atoms with Gasteiger partial charge in [-0.2, -0.15) is 0 Å². The molecule has 0 unspecified atom stereocenters. The number of benzene rings is 2. The monoisotopic (exact) mass is 473 g/mol. The number of anilines is 1. The summed E-state index contributed by atoms with van der Waals surface area (Å²) in [7, 11) is 0. The third-order valence-electron chi connectivity index (χ3n) is 6.82. The normalized spacial score (nSPS) is 14.8. The molecule has 2 aromatic carbocycles. The summed E-state index contributed by atoms with van der Waals surface area (Å²) in [5.74, 6) is 0.447. The molecule has 0 atom stereocenters. The van der Waals surface area contributed by atoms with Crippen molar-refractivity contribution >= 4 is 34.9 Å². The molecule has 0 aliphatic carbocycles. The van der Waals surface area contributed by atoms with Gasteiger partial charge in [0.25, 0.3) is 0 Å². The summed E-state index contributed by atoms with van der Waals surface area (Å²) >= 11 is 0. The number of hydrogen-bond donors (Lipinski definition) is 1. The van der Waals surface area contributed by atoms with Crippen molar-refractivity contribution in [2.45, 2.75) is 33.2 Å². The quantitative estimate of drug-likeness (QED) is 0.471. The first-order valence-corrected chi connectivity index (χ1v) is 12.6. The van der Waals surface area contributed by atoms with Crippen LogP contribution in [0.15, 0.2) is 60.7 Å². The third-order valence-corrected chi connectivity index (χ3v) is 6.82. The van der Waals surface area contributed by atoms with Gasteiger partial charge in [0, 0.05) is 38.2 Å². The number of piperidine rings is 1. The lowest BCUT2D eigenvalue weighted by molar-refractivity contribution is -0.130. The van der Waals surface area contributed by atoms with E-state index in [1.54, 1.807) is 6.08 Å². The molecule has 0 bridgehead atoms. The summed E-state index contributed by atoms with van der Waals surface area (Å²) in [6, 6.07) is 17.8. The van der Waals surface area contributed by atoms with E-state index in [2.05, 4.69) is 28.6 Å². The zero-order valence-electron chi connectivity index (χ0n) is 20.7. The Kier molecular flexibility index (Phi) is 8.32. The molecule has 0 saturated carbocycles. The molecule has 1 aliphatic heterocycles. The second-order valence-electron chi connectivity index (χ2n) is 8.94. The fourth-order valence-electron chi connectivity index (χ4n) is 4.59. The van der Waals surface area contributed by atoms with E-state index in [-0.39, 0.29) is 17.7 Å². The van der Waals surface area contributed by atoms with E-state index in [9.17, 15) is 9.59 Å². The van der Waals surface area contributed by atoms with Crippen LogP contribution in [0.2, 0.25) is 0 Å². The van der Waals surface area contributed by atoms with Gasteiger partial charge in [-0.3, -0.25) is 14.9 Å². The molecule has 1 aliphatic rings. The molecule has 7 nitrogen and oxygen atoms in total. The molecule has 7 heteroatoms. The molecule has 35 heavy (non-hydrogen) atoms. The van der Waals surface area contributed by atoms with Gasteiger partial charge in [0.2, 0.25) is 17.8 Å². The smallest absolute Gasteiger partial charge is 0.246 e. The predicted octanol–water partition coefficient (Wildman–Crippen LogP) is 4.27. The maximum Gasteiger partial charge on any atom is 0.246 e. The number of hydrogen-bond acceptors (Lipinski definition) is 4. The minimum Gasteiger partial charge on any atom is -0.339 e.